The first-order valence-electron chi connectivity index (χ1n) is 9.78. The highest BCUT2D eigenvalue weighted by Gasteiger charge is 2.17. The Bertz CT molecular complexity index is 1620. The van der Waals surface area contributed by atoms with Crippen molar-refractivity contribution in [1.82, 2.24) is 0 Å². The summed E-state index contributed by atoms with van der Waals surface area (Å²) in [5.41, 5.74) is 3.38. The molecule has 4 nitrogen and oxygen atoms in total. The topological polar surface area (TPSA) is 45.8 Å². The summed E-state index contributed by atoms with van der Waals surface area (Å²) in [6, 6.07) is 29.4. The molecular formula is C26H16N2O2. The molecule has 0 atom stereocenters. The van der Waals surface area contributed by atoms with Crippen molar-refractivity contribution >= 4 is 45.0 Å². The summed E-state index contributed by atoms with van der Waals surface area (Å²) in [5.74, 6) is 0. The lowest BCUT2D eigenvalue weighted by atomic mass is 10.1. The first-order chi connectivity index (χ1) is 14.8. The Morgan fingerprint density at radius 2 is 1.53 bits per heavy atom. The van der Waals surface area contributed by atoms with Gasteiger partial charge in [-0.05, 0) is 41.1 Å². The molecule has 1 aliphatic heterocycles. The molecule has 6 rings (SSSR count). The molecule has 4 heteroatoms. The molecule has 0 saturated carbocycles. The van der Waals surface area contributed by atoms with Crippen LogP contribution in [0.3, 0.4) is 0 Å². The van der Waals surface area contributed by atoms with Crippen LogP contribution in [0.25, 0.3) is 27.9 Å². The highest BCUT2D eigenvalue weighted by atomic mass is 16.3. The van der Waals surface area contributed by atoms with Crippen molar-refractivity contribution in [2.24, 2.45) is 4.99 Å². The minimum absolute atomic E-state index is 0.0828. The number of anilines is 2. The van der Waals surface area contributed by atoms with E-state index in [9.17, 15) is 4.79 Å². The highest BCUT2D eigenvalue weighted by Crippen LogP contribution is 2.34. The Balaban J connectivity index is 1.79. The molecule has 5 aromatic rings. The minimum Gasteiger partial charge on any atom is -0.437 e. The van der Waals surface area contributed by atoms with Gasteiger partial charge in [-0.1, -0.05) is 60.7 Å². The van der Waals surface area contributed by atoms with Gasteiger partial charge in [0, 0.05) is 11.9 Å². The van der Waals surface area contributed by atoms with Crippen LogP contribution in [-0.2, 0) is 0 Å². The van der Waals surface area contributed by atoms with Gasteiger partial charge >= 0.3 is 0 Å². The summed E-state index contributed by atoms with van der Waals surface area (Å²) >= 11 is 0. The van der Waals surface area contributed by atoms with E-state index in [0.29, 0.717) is 21.7 Å². The lowest BCUT2D eigenvalue weighted by Crippen LogP contribution is -2.40. The molecule has 0 bridgehead atoms. The van der Waals surface area contributed by atoms with Crippen molar-refractivity contribution < 1.29 is 4.42 Å². The lowest BCUT2D eigenvalue weighted by Gasteiger charge is -2.21. The molecule has 2 heterocycles. The van der Waals surface area contributed by atoms with E-state index in [4.69, 9.17) is 9.41 Å². The Kier molecular flexibility index (Phi) is 3.59. The van der Waals surface area contributed by atoms with Crippen LogP contribution in [0.1, 0.15) is 0 Å². The van der Waals surface area contributed by atoms with Crippen molar-refractivity contribution in [3.8, 4) is 0 Å². The highest BCUT2D eigenvalue weighted by molar-refractivity contribution is 6.05. The van der Waals surface area contributed by atoms with Gasteiger partial charge in [-0.3, -0.25) is 4.79 Å². The second kappa shape index (κ2) is 6.42. The van der Waals surface area contributed by atoms with Crippen LogP contribution < -0.4 is 21.1 Å². The monoisotopic (exact) mass is 388 g/mol. The van der Waals surface area contributed by atoms with Gasteiger partial charge in [0.15, 0.2) is 0 Å². The van der Waals surface area contributed by atoms with Gasteiger partial charge in [0.05, 0.1) is 16.8 Å². The SMILES string of the molecule is O=c1c2c(oc3ccc4ccccc4c13)=Nc1ccccc1N(c1ccccc1)C=2. The fourth-order valence-electron chi connectivity index (χ4n) is 4.03. The van der Waals surface area contributed by atoms with E-state index in [1.54, 1.807) is 0 Å². The van der Waals surface area contributed by atoms with Crippen LogP contribution in [0.15, 0.2) is 105 Å². The maximum atomic E-state index is 13.7. The van der Waals surface area contributed by atoms with Gasteiger partial charge in [-0.25, -0.2) is 4.99 Å². The number of fused-ring (bicyclic) bond motifs is 5. The molecule has 0 amide bonds. The van der Waals surface area contributed by atoms with Gasteiger partial charge < -0.3 is 9.32 Å². The van der Waals surface area contributed by atoms with Gasteiger partial charge in [-0.2, -0.15) is 0 Å². The average Bonchev–Trinajstić information content (AvgIpc) is 2.96. The molecule has 1 aromatic heterocycles. The molecule has 1 aliphatic rings. The second-order valence-corrected chi connectivity index (χ2v) is 7.25. The molecule has 0 spiro atoms. The molecule has 4 aromatic carbocycles. The zero-order valence-corrected chi connectivity index (χ0v) is 15.9. The Morgan fingerprint density at radius 3 is 2.43 bits per heavy atom. The third-order valence-electron chi connectivity index (χ3n) is 5.46. The van der Waals surface area contributed by atoms with Crippen LogP contribution in [0, 0.1) is 0 Å². The largest absolute Gasteiger partial charge is 0.437 e. The Labute approximate surface area is 171 Å². The summed E-state index contributed by atoms with van der Waals surface area (Å²) < 4.78 is 6.17. The number of nitrogens with zero attached hydrogens (tertiary/aromatic N) is 2. The first kappa shape index (κ1) is 16.7. The van der Waals surface area contributed by atoms with Crippen LogP contribution in [0.2, 0.25) is 0 Å². The van der Waals surface area contributed by atoms with Gasteiger partial charge in [0.2, 0.25) is 11.0 Å². The lowest BCUT2D eigenvalue weighted by molar-refractivity contribution is 0.538. The Hall–Kier alpha value is -4.18. The molecule has 0 unspecified atom stereocenters. The number of para-hydroxylation sites is 3. The maximum Gasteiger partial charge on any atom is 0.232 e. The van der Waals surface area contributed by atoms with E-state index in [-0.39, 0.29) is 5.43 Å². The molecule has 142 valence electrons. The van der Waals surface area contributed by atoms with Gasteiger partial charge in [0.1, 0.15) is 10.8 Å². The zero-order chi connectivity index (χ0) is 20.1. The molecule has 0 fully saturated rings. The van der Waals surface area contributed by atoms with E-state index >= 15 is 0 Å². The number of rotatable bonds is 1. The Morgan fingerprint density at radius 1 is 0.767 bits per heavy atom. The summed E-state index contributed by atoms with van der Waals surface area (Å²) in [7, 11) is 0. The smallest absolute Gasteiger partial charge is 0.232 e. The van der Waals surface area contributed by atoms with Crippen LogP contribution in [-0.4, -0.2) is 0 Å². The second-order valence-electron chi connectivity index (χ2n) is 7.25. The van der Waals surface area contributed by atoms with Crippen molar-refractivity contribution in [1.29, 1.82) is 0 Å². The maximum absolute atomic E-state index is 13.7. The van der Waals surface area contributed by atoms with Gasteiger partial charge in [0.25, 0.3) is 0 Å². The fourth-order valence-corrected chi connectivity index (χ4v) is 4.03. The standard InChI is InChI=1S/C26H16N2O2/c29-25-20-16-28(18-9-2-1-3-10-18)22-13-7-6-12-21(22)27-26(20)30-23-15-14-17-8-4-5-11-19(17)24(23)25/h1-16H. The summed E-state index contributed by atoms with van der Waals surface area (Å²) in [5, 5.41) is 2.91. The van der Waals surface area contributed by atoms with E-state index in [1.165, 1.54) is 0 Å². The fraction of sp³-hybridized carbons (Fsp3) is 0. The quantitative estimate of drug-likeness (QED) is 0.388. The average molecular weight is 388 g/mol. The molecule has 0 N–H and O–H groups in total. The van der Waals surface area contributed by atoms with E-state index in [0.717, 1.165) is 27.8 Å². The third kappa shape index (κ3) is 2.47. The number of hydrogen-bond donors (Lipinski definition) is 0. The molecule has 0 radical (unpaired) electrons. The molecule has 0 aliphatic carbocycles. The minimum atomic E-state index is -0.0828. The van der Waals surface area contributed by atoms with Crippen LogP contribution >= 0.6 is 0 Å². The predicted molar refractivity (Wildman–Crippen MR) is 120 cm³/mol. The molecule has 30 heavy (non-hydrogen) atoms. The van der Waals surface area contributed by atoms with Crippen LogP contribution in [0.5, 0.6) is 0 Å². The van der Waals surface area contributed by atoms with Crippen molar-refractivity contribution in [3.63, 3.8) is 0 Å². The normalized spacial score (nSPS) is 12.6. The van der Waals surface area contributed by atoms with Crippen LogP contribution in [0.4, 0.5) is 17.1 Å². The molecular weight excluding hydrogens is 372 g/mol. The van der Waals surface area contributed by atoms with Crippen molar-refractivity contribution in [2.75, 3.05) is 4.90 Å². The number of hydrogen-bond acceptors (Lipinski definition) is 4. The van der Waals surface area contributed by atoms with Crippen molar-refractivity contribution in [2.45, 2.75) is 0 Å². The first-order valence-corrected chi connectivity index (χ1v) is 9.78. The van der Waals surface area contributed by atoms with Gasteiger partial charge in [-0.15, -0.1) is 0 Å². The van der Waals surface area contributed by atoms with Crippen molar-refractivity contribution in [3.05, 3.63) is 112 Å². The van der Waals surface area contributed by atoms with E-state index in [2.05, 4.69) is 0 Å². The van der Waals surface area contributed by atoms with E-state index < -0.39 is 0 Å². The summed E-state index contributed by atoms with van der Waals surface area (Å²) in [6.45, 7) is 0. The third-order valence-corrected chi connectivity index (χ3v) is 5.46. The summed E-state index contributed by atoms with van der Waals surface area (Å²) in [4.78, 5) is 20.4. The molecule has 0 saturated heterocycles. The number of benzene rings is 4. The predicted octanol–water partition coefficient (Wildman–Crippen LogP) is 4.79. The zero-order valence-electron chi connectivity index (χ0n) is 15.9. The summed E-state index contributed by atoms with van der Waals surface area (Å²) in [6.07, 6.45) is 1.84. The van der Waals surface area contributed by atoms with E-state index in [1.807, 2.05) is 102 Å².